The summed E-state index contributed by atoms with van der Waals surface area (Å²) < 4.78 is 41.0. The summed E-state index contributed by atoms with van der Waals surface area (Å²) in [4.78, 5) is 17.0. The Balaban J connectivity index is 0.00000256. The molecule has 1 aliphatic heterocycles. The Labute approximate surface area is 186 Å². The number of benzene rings is 2. The number of halogens is 4. The van der Waals surface area contributed by atoms with Gasteiger partial charge in [-0.05, 0) is 36.4 Å². The highest BCUT2D eigenvalue weighted by Gasteiger charge is 2.31. The first-order valence-corrected chi connectivity index (χ1v) is 8.55. The number of amides is 1. The van der Waals surface area contributed by atoms with Gasteiger partial charge < -0.3 is 15.8 Å². The number of nitrogen functional groups attached to an aromatic ring is 1. The number of para-hydroxylation sites is 1. The number of rotatable bonds is 3. The molecule has 2 aromatic rings. The van der Waals surface area contributed by atoms with Crippen LogP contribution in [0.25, 0.3) is 22.2 Å². The van der Waals surface area contributed by atoms with Gasteiger partial charge in [-0.3, -0.25) is 4.79 Å². The molecule has 0 saturated heterocycles. The molecule has 1 heterocycles. The summed E-state index contributed by atoms with van der Waals surface area (Å²) in [6, 6.07) is 17.3. The quantitative estimate of drug-likeness (QED) is 0.266. The molecule has 4 rings (SSSR count). The van der Waals surface area contributed by atoms with Crippen molar-refractivity contribution in [2.24, 2.45) is 0 Å². The molecule has 30 heavy (non-hydrogen) atoms. The second-order valence-corrected chi connectivity index (χ2v) is 6.31. The molecule has 154 valence electrons. The summed E-state index contributed by atoms with van der Waals surface area (Å²) >= 11 is 0. The predicted molar refractivity (Wildman–Crippen MR) is 119 cm³/mol. The minimum Gasteiger partial charge on any atom is -0.406 e. The van der Waals surface area contributed by atoms with E-state index in [2.05, 4.69) is 15.0 Å². The van der Waals surface area contributed by atoms with Crippen molar-refractivity contribution in [1.82, 2.24) is 4.98 Å². The molecule has 0 fully saturated rings. The number of carbonyl (C=O) groups is 1. The van der Waals surface area contributed by atoms with Crippen LogP contribution in [0.2, 0.25) is 0 Å². The largest absolute Gasteiger partial charge is 0.573 e. The van der Waals surface area contributed by atoms with Crippen LogP contribution in [0.3, 0.4) is 0 Å². The molecule has 0 spiro atoms. The maximum Gasteiger partial charge on any atom is 0.573 e. The number of hydrogen-bond acceptors (Lipinski definition) is 4. The molecule has 0 aromatic heterocycles. The van der Waals surface area contributed by atoms with Gasteiger partial charge >= 0.3 is 6.36 Å². The minimum absolute atomic E-state index is 0. The maximum absolute atomic E-state index is 12.5. The van der Waals surface area contributed by atoms with E-state index in [9.17, 15) is 18.0 Å². The van der Waals surface area contributed by atoms with Gasteiger partial charge in [0.15, 0.2) is 0 Å². The van der Waals surface area contributed by atoms with Crippen LogP contribution >= 0.6 is 24.0 Å². The number of fused-ring (bicyclic) bond motifs is 3. The third kappa shape index (κ3) is 4.56. The summed E-state index contributed by atoms with van der Waals surface area (Å²) in [7, 11) is 0. The van der Waals surface area contributed by atoms with E-state index < -0.39 is 18.0 Å². The van der Waals surface area contributed by atoms with Crippen molar-refractivity contribution in [3.63, 3.8) is 0 Å². The highest BCUT2D eigenvalue weighted by Crippen LogP contribution is 2.34. The predicted octanol–water partition coefficient (Wildman–Crippen LogP) is 5.69. The Morgan fingerprint density at radius 2 is 1.73 bits per heavy atom. The lowest BCUT2D eigenvalue weighted by atomic mass is 10.1. The maximum atomic E-state index is 12.5. The lowest BCUT2D eigenvalue weighted by Crippen LogP contribution is -2.18. The number of carbonyl (C=O) groups excluding carboxylic acids is 1. The van der Waals surface area contributed by atoms with E-state index in [0.717, 1.165) is 23.1 Å². The van der Waals surface area contributed by atoms with E-state index >= 15 is 0 Å². The average molecular weight is 525 g/mol. The molecule has 0 unspecified atom stereocenters. The Hall–Kier alpha value is -3.08. The fraction of sp³-hybridized carbons (Fsp3) is 0.0476. The highest BCUT2D eigenvalue weighted by molar-refractivity contribution is 14.0. The van der Waals surface area contributed by atoms with Crippen LogP contribution in [0.5, 0.6) is 5.75 Å². The second kappa shape index (κ2) is 8.34. The molecule has 0 saturated carbocycles. The van der Waals surface area contributed by atoms with Crippen LogP contribution in [0.1, 0.15) is 10.4 Å². The van der Waals surface area contributed by atoms with Crippen LogP contribution in [-0.4, -0.2) is 17.3 Å². The third-order valence-corrected chi connectivity index (χ3v) is 4.28. The van der Waals surface area contributed by atoms with E-state index in [1.165, 1.54) is 12.1 Å². The van der Waals surface area contributed by atoms with Crippen molar-refractivity contribution in [2.45, 2.75) is 6.36 Å². The van der Waals surface area contributed by atoms with Gasteiger partial charge in [0.1, 0.15) is 5.75 Å². The Morgan fingerprint density at radius 3 is 2.50 bits per heavy atom. The fourth-order valence-electron chi connectivity index (χ4n) is 3.07. The van der Waals surface area contributed by atoms with Gasteiger partial charge in [0, 0.05) is 22.2 Å². The number of alkyl halides is 3. The van der Waals surface area contributed by atoms with Crippen LogP contribution in [0.15, 0.2) is 66.7 Å². The van der Waals surface area contributed by atoms with Crippen LogP contribution in [0, 0.1) is 0 Å². The van der Waals surface area contributed by atoms with Crippen molar-refractivity contribution in [1.29, 1.82) is 0 Å². The van der Waals surface area contributed by atoms with Crippen LogP contribution in [-0.2, 0) is 0 Å². The second-order valence-electron chi connectivity index (χ2n) is 6.31. The molecule has 1 amide bonds. The SMILES string of the molecule is I.Nc1cccc2c3cccc(NC(=O)c4cccc(OC(F)(F)F)c4)cc-3nc12. The number of nitrogens with one attached hydrogen (secondary N) is 1. The smallest absolute Gasteiger partial charge is 0.406 e. The zero-order chi connectivity index (χ0) is 20.6. The number of nitrogens with zero attached hydrogens (tertiary/aromatic N) is 1. The van der Waals surface area contributed by atoms with Gasteiger partial charge in [-0.15, -0.1) is 37.1 Å². The summed E-state index contributed by atoms with van der Waals surface area (Å²) in [5.41, 5.74) is 9.17. The summed E-state index contributed by atoms with van der Waals surface area (Å²) in [5.74, 6) is -1.04. The standard InChI is InChI=1S/C21H14F3N3O2.HI/c22-21(23,24)29-14-6-1-4-12(10-14)20(28)26-13-5-2-7-15-16-8-3-9-17(25)19(16)27-18(15)11-13;/h1-11H,25H2,(H,26,28);1H. The molecular formula is C21H15F3IN3O2. The third-order valence-electron chi connectivity index (χ3n) is 4.28. The van der Waals surface area contributed by atoms with Crippen LogP contribution < -0.4 is 15.8 Å². The van der Waals surface area contributed by atoms with E-state index in [-0.39, 0.29) is 29.5 Å². The first-order chi connectivity index (χ1) is 13.8. The lowest BCUT2D eigenvalue weighted by molar-refractivity contribution is -0.274. The lowest BCUT2D eigenvalue weighted by Gasteiger charge is -2.10. The average Bonchev–Trinajstić information content (AvgIpc) is 2.87. The number of hydrogen-bond donors (Lipinski definition) is 2. The van der Waals surface area contributed by atoms with Gasteiger partial charge in [0.25, 0.3) is 5.91 Å². The molecule has 0 radical (unpaired) electrons. The number of anilines is 2. The normalized spacial score (nSPS) is 11.2. The molecule has 9 heteroatoms. The molecule has 0 bridgehead atoms. The minimum atomic E-state index is -4.83. The Kier molecular flexibility index (Phi) is 6.01. The van der Waals surface area contributed by atoms with Gasteiger partial charge in [-0.1, -0.05) is 30.3 Å². The molecule has 5 nitrogen and oxygen atoms in total. The molecular weight excluding hydrogens is 510 g/mol. The highest BCUT2D eigenvalue weighted by atomic mass is 127. The molecule has 3 N–H and O–H groups in total. The van der Waals surface area contributed by atoms with Gasteiger partial charge in [-0.2, -0.15) is 0 Å². The zero-order valence-electron chi connectivity index (χ0n) is 15.2. The summed E-state index contributed by atoms with van der Waals surface area (Å²) in [5, 5.41) is 3.57. The zero-order valence-corrected chi connectivity index (χ0v) is 17.6. The summed E-state index contributed by atoms with van der Waals surface area (Å²) in [6.07, 6.45) is -4.83. The van der Waals surface area contributed by atoms with Gasteiger partial charge in [-0.25, -0.2) is 4.98 Å². The topological polar surface area (TPSA) is 77.2 Å². The fourth-order valence-corrected chi connectivity index (χ4v) is 3.07. The molecule has 1 aliphatic carbocycles. The van der Waals surface area contributed by atoms with Crippen molar-refractivity contribution < 1.29 is 22.7 Å². The van der Waals surface area contributed by atoms with Gasteiger partial charge in [0.05, 0.1) is 16.9 Å². The van der Waals surface area contributed by atoms with Crippen molar-refractivity contribution in [3.8, 4) is 17.0 Å². The van der Waals surface area contributed by atoms with Crippen LogP contribution in [0.4, 0.5) is 24.5 Å². The number of aromatic nitrogens is 1. The van der Waals surface area contributed by atoms with Crippen molar-refractivity contribution in [3.05, 3.63) is 72.3 Å². The molecule has 2 aliphatic rings. The number of nitrogens with two attached hydrogens (primary N) is 1. The van der Waals surface area contributed by atoms with E-state index in [1.54, 1.807) is 24.3 Å². The van der Waals surface area contributed by atoms with E-state index in [0.29, 0.717) is 22.6 Å². The Bertz CT molecular complexity index is 1200. The summed E-state index contributed by atoms with van der Waals surface area (Å²) in [6.45, 7) is 0. The van der Waals surface area contributed by atoms with Crippen molar-refractivity contribution in [2.75, 3.05) is 11.1 Å². The van der Waals surface area contributed by atoms with E-state index in [1.807, 2.05) is 18.2 Å². The van der Waals surface area contributed by atoms with Crippen molar-refractivity contribution >= 4 is 52.2 Å². The first kappa shape index (κ1) is 21.6. The first-order valence-electron chi connectivity index (χ1n) is 8.55. The molecule has 2 aromatic carbocycles. The molecule has 0 atom stereocenters. The monoisotopic (exact) mass is 525 g/mol. The van der Waals surface area contributed by atoms with E-state index in [4.69, 9.17) is 5.73 Å². The number of ether oxygens (including phenoxy) is 1. The Morgan fingerprint density at radius 1 is 1.00 bits per heavy atom. The van der Waals surface area contributed by atoms with Gasteiger partial charge in [0.2, 0.25) is 0 Å².